The Balaban J connectivity index is 3.48. The van der Waals surface area contributed by atoms with Crippen LogP contribution in [0, 0.1) is 0 Å². The maximum Gasteiger partial charge on any atom is 0.305 e. The molecule has 0 fully saturated rings. The van der Waals surface area contributed by atoms with E-state index in [0.717, 1.165) is 70.6 Å². The van der Waals surface area contributed by atoms with E-state index in [1.807, 2.05) is 0 Å². The predicted molar refractivity (Wildman–Crippen MR) is 232 cm³/mol. The van der Waals surface area contributed by atoms with Crippen molar-refractivity contribution < 1.29 is 24.5 Å². The Kier molecular flexibility index (Phi) is 42.7. The van der Waals surface area contributed by atoms with Gasteiger partial charge in [0.15, 0.2) is 0 Å². The summed E-state index contributed by atoms with van der Waals surface area (Å²) in [5, 5.41) is 23.1. The third kappa shape index (κ3) is 40.0. The summed E-state index contributed by atoms with van der Waals surface area (Å²) in [4.78, 5) is 24.3. The summed E-state index contributed by atoms with van der Waals surface area (Å²) in [5.41, 5.74) is 0. The molecular weight excluding hydrogens is 671 g/mol. The van der Waals surface area contributed by atoms with Gasteiger partial charge in [-0.05, 0) is 77.0 Å². The van der Waals surface area contributed by atoms with Gasteiger partial charge in [0.2, 0.25) is 5.91 Å². The number of allylic oxidation sites excluding steroid dienone is 4. The van der Waals surface area contributed by atoms with Gasteiger partial charge in [-0.3, -0.25) is 9.59 Å². The molecule has 1 amide bonds. The number of nitrogens with one attached hydrogen (secondary N) is 1. The molecule has 318 valence electrons. The van der Waals surface area contributed by atoms with Crippen molar-refractivity contribution >= 4 is 11.9 Å². The quantitative estimate of drug-likeness (QED) is 0.0327. The molecule has 2 atom stereocenters. The summed E-state index contributed by atoms with van der Waals surface area (Å²) < 4.78 is 5.43. The Morgan fingerprint density at radius 2 is 0.870 bits per heavy atom. The Hall–Kier alpha value is -1.66. The topological polar surface area (TPSA) is 95.9 Å². The van der Waals surface area contributed by atoms with Crippen LogP contribution in [0.3, 0.4) is 0 Å². The van der Waals surface area contributed by atoms with Crippen molar-refractivity contribution in [3.63, 3.8) is 0 Å². The molecule has 6 nitrogen and oxygen atoms in total. The highest BCUT2D eigenvalue weighted by atomic mass is 16.5. The van der Waals surface area contributed by atoms with E-state index in [0.29, 0.717) is 25.9 Å². The summed E-state index contributed by atoms with van der Waals surface area (Å²) in [7, 11) is 0. The van der Waals surface area contributed by atoms with Crippen LogP contribution < -0.4 is 5.32 Å². The number of rotatable bonds is 43. The van der Waals surface area contributed by atoms with Crippen LogP contribution in [0.4, 0.5) is 0 Å². The first-order chi connectivity index (χ1) is 26.5. The van der Waals surface area contributed by atoms with Crippen LogP contribution in [-0.4, -0.2) is 47.4 Å². The second kappa shape index (κ2) is 44.1. The van der Waals surface area contributed by atoms with Crippen molar-refractivity contribution in [2.45, 2.75) is 257 Å². The highest BCUT2D eigenvalue weighted by Crippen LogP contribution is 2.15. The number of unbranched alkanes of at least 4 members (excludes halogenated alkanes) is 28. The molecular formula is C48H91NO5. The average molecular weight is 762 g/mol. The summed E-state index contributed by atoms with van der Waals surface area (Å²) in [5.74, 6) is -0.0742. The van der Waals surface area contributed by atoms with Crippen molar-refractivity contribution in [3.05, 3.63) is 24.3 Å². The van der Waals surface area contributed by atoms with Crippen LogP contribution in [0.15, 0.2) is 24.3 Å². The van der Waals surface area contributed by atoms with Crippen molar-refractivity contribution in [3.8, 4) is 0 Å². The van der Waals surface area contributed by atoms with Gasteiger partial charge < -0.3 is 20.3 Å². The number of carbonyl (C=O) groups is 2. The Morgan fingerprint density at radius 3 is 1.35 bits per heavy atom. The molecule has 0 saturated heterocycles. The fraction of sp³-hybridized carbons (Fsp3) is 0.875. The van der Waals surface area contributed by atoms with E-state index < -0.39 is 12.1 Å². The summed E-state index contributed by atoms with van der Waals surface area (Å²) >= 11 is 0. The minimum Gasteiger partial charge on any atom is -0.466 e. The van der Waals surface area contributed by atoms with Gasteiger partial charge in [-0.1, -0.05) is 179 Å². The van der Waals surface area contributed by atoms with Gasteiger partial charge >= 0.3 is 5.97 Å². The van der Waals surface area contributed by atoms with E-state index in [-0.39, 0.29) is 18.5 Å². The third-order valence-corrected chi connectivity index (χ3v) is 10.7. The first-order valence-electron chi connectivity index (χ1n) is 23.6. The van der Waals surface area contributed by atoms with Crippen molar-refractivity contribution in [1.29, 1.82) is 0 Å². The van der Waals surface area contributed by atoms with Crippen LogP contribution >= 0.6 is 0 Å². The van der Waals surface area contributed by atoms with Gasteiger partial charge in [0.25, 0.3) is 0 Å². The molecule has 0 bridgehead atoms. The first-order valence-corrected chi connectivity index (χ1v) is 23.6. The summed E-state index contributed by atoms with van der Waals surface area (Å²) in [6.45, 7) is 4.86. The number of aliphatic hydroxyl groups is 2. The molecule has 0 aromatic heterocycles. The van der Waals surface area contributed by atoms with Crippen LogP contribution in [0.25, 0.3) is 0 Å². The van der Waals surface area contributed by atoms with Crippen LogP contribution in [-0.2, 0) is 14.3 Å². The van der Waals surface area contributed by atoms with E-state index in [9.17, 15) is 19.8 Å². The zero-order chi connectivity index (χ0) is 39.4. The monoisotopic (exact) mass is 762 g/mol. The van der Waals surface area contributed by atoms with E-state index in [1.165, 1.54) is 141 Å². The summed E-state index contributed by atoms with van der Waals surface area (Å²) in [6.07, 6.45) is 49.9. The number of hydrogen-bond donors (Lipinski definition) is 3. The molecule has 0 heterocycles. The lowest BCUT2D eigenvalue weighted by atomic mass is 10.0. The molecule has 6 heteroatoms. The second-order valence-electron chi connectivity index (χ2n) is 16.1. The van der Waals surface area contributed by atoms with Gasteiger partial charge in [0.1, 0.15) is 0 Å². The zero-order valence-corrected chi connectivity index (χ0v) is 36.0. The maximum atomic E-state index is 12.4. The van der Waals surface area contributed by atoms with Gasteiger partial charge in [-0.25, -0.2) is 0 Å². The number of ether oxygens (including phenoxy) is 1. The van der Waals surface area contributed by atoms with Crippen LogP contribution in [0.2, 0.25) is 0 Å². The molecule has 54 heavy (non-hydrogen) atoms. The number of amides is 1. The van der Waals surface area contributed by atoms with Gasteiger partial charge in [-0.2, -0.15) is 0 Å². The molecule has 0 aliphatic rings. The fourth-order valence-corrected chi connectivity index (χ4v) is 7.04. The Bertz CT molecular complexity index is 843. The molecule has 0 spiro atoms. The largest absolute Gasteiger partial charge is 0.466 e. The van der Waals surface area contributed by atoms with Gasteiger partial charge in [0.05, 0.1) is 25.4 Å². The van der Waals surface area contributed by atoms with Crippen molar-refractivity contribution in [2.24, 2.45) is 0 Å². The molecule has 0 saturated carbocycles. The highest BCUT2D eigenvalue weighted by molar-refractivity contribution is 5.76. The number of carbonyl (C=O) groups excluding carboxylic acids is 2. The zero-order valence-electron chi connectivity index (χ0n) is 36.0. The highest BCUT2D eigenvalue weighted by Gasteiger charge is 2.20. The standard InChI is InChI=1S/C48H91NO5/c1-3-5-7-9-11-13-15-22-26-30-34-38-42-48(53)54-43-39-35-31-27-23-20-18-16-17-19-21-25-29-33-37-41-47(52)49-45(44-50)46(51)40-36-32-28-24-14-12-10-8-6-4-2/h11,13,18,20,45-46,50-51H,3-10,12,14-17,19,21-44H2,1-2H3,(H,49,52)/b13-11-,20-18-. The Morgan fingerprint density at radius 1 is 0.500 bits per heavy atom. The smallest absolute Gasteiger partial charge is 0.305 e. The number of hydrogen-bond acceptors (Lipinski definition) is 5. The minimum atomic E-state index is -0.672. The molecule has 0 radical (unpaired) electrons. The van der Waals surface area contributed by atoms with Crippen molar-refractivity contribution in [2.75, 3.05) is 13.2 Å². The van der Waals surface area contributed by atoms with Crippen LogP contribution in [0.5, 0.6) is 0 Å². The van der Waals surface area contributed by atoms with Crippen LogP contribution in [0.1, 0.15) is 245 Å². The molecule has 2 unspecified atom stereocenters. The normalized spacial score (nSPS) is 12.9. The minimum absolute atomic E-state index is 0.0210. The predicted octanol–water partition coefficient (Wildman–Crippen LogP) is 13.6. The average Bonchev–Trinajstić information content (AvgIpc) is 3.17. The lowest BCUT2D eigenvalue weighted by Gasteiger charge is -2.22. The molecule has 3 N–H and O–H groups in total. The van der Waals surface area contributed by atoms with E-state index in [4.69, 9.17) is 4.74 Å². The number of esters is 1. The first kappa shape index (κ1) is 52.3. The number of aliphatic hydroxyl groups excluding tert-OH is 2. The maximum absolute atomic E-state index is 12.4. The molecule has 0 aromatic rings. The van der Waals surface area contributed by atoms with Crippen molar-refractivity contribution in [1.82, 2.24) is 5.32 Å². The lowest BCUT2D eigenvalue weighted by molar-refractivity contribution is -0.143. The third-order valence-electron chi connectivity index (χ3n) is 10.7. The Labute approximate surface area is 335 Å². The van der Waals surface area contributed by atoms with Gasteiger partial charge in [0, 0.05) is 12.8 Å². The second-order valence-corrected chi connectivity index (χ2v) is 16.1. The van der Waals surface area contributed by atoms with Gasteiger partial charge in [-0.15, -0.1) is 0 Å². The molecule has 0 aliphatic heterocycles. The van der Waals surface area contributed by atoms with E-state index >= 15 is 0 Å². The molecule has 0 aromatic carbocycles. The molecule has 0 rings (SSSR count). The summed E-state index contributed by atoms with van der Waals surface area (Å²) in [6, 6.07) is -0.550. The lowest BCUT2D eigenvalue weighted by Crippen LogP contribution is -2.45. The molecule has 0 aliphatic carbocycles. The van der Waals surface area contributed by atoms with E-state index in [1.54, 1.807) is 0 Å². The fourth-order valence-electron chi connectivity index (χ4n) is 7.04. The van der Waals surface area contributed by atoms with E-state index in [2.05, 4.69) is 43.5 Å². The SMILES string of the molecule is CCCCC/C=C\CCCCCCCC(=O)OCCCCCC/C=C\CCCCCCCCCC(=O)NC(CO)C(O)CCCCCCCCCCCC.